The summed E-state index contributed by atoms with van der Waals surface area (Å²) in [5.74, 6) is 0. The zero-order chi connectivity index (χ0) is 4.99. The standard InChI is InChI=1S/C3H9NO2.2ClH/c4-3(1-5)2-6;;/h3,5-6H,1-2,4H2;2*1H. The molecular weight excluding hydrogens is 153 g/mol. The fraction of sp³-hybridized carbons (Fsp3) is 1.00. The molecule has 0 aliphatic heterocycles. The van der Waals surface area contributed by atoms with E-state index in [4.69, 9.17) is 15.9 Å². The van der Waals surface area contributed by atoms with Crippen LogP contribution < -0.4 is 5.73 Å². The van der Waals surface area contributed by atoms with Gasteiger partial charge in [0.1, 0.15) is 0 Å². The Hall–Kier alpha value is 0.460. The van der Waals surface area contributed by atoms with Crippen LogP contribution in [0.3, 0.4) is 0 Å². The number of nitrogens with two attached hydrogens (primary N) is 1. The second-order valence-electron chi connectivity index (χ2n) is 1.13. The largest absolute Gasteiger partial charge is 0.395 e. The maximum Gasteiger partial charge on any atom is 0.0605 e. The predicted molar refractivity (Wildman–Crippen MR) is 36.6 cm³/mol. The number of hydrogen-bond donors (Lipinski definition) is 3. The zero-order valence-electron chi connectivity index (χ0n) is 4.28. The molecule has 0 saturated heterocycles. The molecule has 0 saturated carbocycles. The molecule has 0 unspecified atom stereocenters. The molecule has 0 amide bonds. The number of aliphatic hydroxyl groups excluding tert-OH is 2. The molecule has 0 spiro atoms. The van der Waals surface area contributed by atoms with Crippen molar-refractivity contribution in [1.82, 2.24) is 0 Å². The molecule has 8 heavy (non-hydrogen) atoms. The number of aliphatic hydroxyl groups is 2. The van der Waals surface area contributed by atoms with Crippen LogP contribution in [0.25, 0.3) is 0 Å². The fourth-order valence-corrected chi connectivity index (χ4v) is 0.0577. The third-order valence-electron chi connectivity index (χ3n) is 0.469. The van der Waals surface area contributed by atoms with Crippen molar-refractivity contribution in [3.63, 3.8) is 0 Å². The fourth-order valence-electron chi connectivity index (χ4n) is 0.0577. The Morgan fingerprint density at radius 1 is 1.12 bits per heavy atom. The maximum absolute atomic E-state index is 8.05. The molecule has 0 heterocycles. The summed E-state index contributed by atoms with van der Waals surface area (Å²) in [5, 5.41) is 16.1. The number of rotatable bonds is 2. The molecule has 0 radical (unpaired) electrons. The van der Waals surface area contributed by atoms with Gasteiger partial charge in [0.15, 0.2) is 0 Å². The van der Waals surface area contributed by atoms with Gasteiger partial charge in [-0.05, 0) is 0 Å². The molecule has 0 bridgehead atoms. The zero-order valence-corrected chi connectivity index (χ0v) is 5.91. The van der Waals surface area contributed by atoms with Crippen LogP contribution in [-0.2, 0) is 0 Å². The van der Waals surface area contributed by atoms with Gasteiger partial charge in [0.25, 0.3) is 0 Å². The first-order chi connectivity index (χ1) is 2.81. The lowest BCUT2D eigenvalue weighted by Crippen LogP contribution is -2.27. The summed E-state index contributed by atoms with van der Waals surface area (Å²) in [4.78, 5) is 0. The molecular formula is C3H11Cl2NO2. The van der Waals surface area contributed by atoms with Gasteiger partial charge in [0, 0.05) is 0 Å². The highest BCUT2D eigenvalue weighted by Crippen LogP contribution is 1.66. The molecule has 0 rings (SSSR count). The first kappa shape index (κ1) is 15.8. The van der Waals surface area contributed by atoms with Crippen molar-refractivity contribution >= 4 is 24.8 Å². The average molecular weight is 164 g/mol. The molecule has 0 atom stereocenters. The Bertz CT molecular complexity index is 34.5. The van der Waals surface area contributed by atoms with E-state index in [-0.39, 0.29) is 38.0 Å². The highest BCUT2D eigenvalue weighted by molar-refractivity contribution is 5.85. The number of hydrogen-bond acceptors (Lipinski definition) is 3. The van der Waals surface area contributed by atoms with Crippen LogP contribution in [0, 0.1) is 0 Å². The van der Waals surface area contributed by atoms with E-state index >= 15 is 0 Å². The summed E-state index contributed by atoms with van der Waals surface area (Å²) in [7, 11) is 0. The van der Waals surface area contributed by atoms with E-state index in [2.05, 4.69) is 0 Å². The van der Waals surface area contributed by atoms with Crippen LogP contribution in [0.1, 0.15) is 0 Å². The van der Waals surface area contributed by atoms with Gasteiger partial charge in [-0.3, -0.25) is 0 Å². The van der Waals surface area contributed by atoms with Gasteiger partial charge in [-0.2, -0.15) is 0 Å². The lowest BCUT2D eigenvalue weighted by atomic mass is 10.4. The normalized spacial score (nSPS) is 7.50. The minimum absolute atomic E-state index is 0. The van der Waals surface area contributed by atoms with Crippen LogP contribution in [0.15, 0.2) is 0 Å². The van der Waals surface area contributed by atoms with Crippen molar-refractivity contribution in [2.45, 2.75) is 6.04 Å². The van der Waals surface area contributed by atoms with E-state index in [9.17, 15) is 0 Å². The second-order valence-corrected chi connectivity index (χ2v) is 1.13. The Labute approximate surface area is 60.7 Å². The summed E-state index contributed by atoms with van der Waals surface area (Å²) >= 11 is 0. The van der Waals surface area contributed by atoms with Crippen LogP contribution in [0.4, 0.5) is 0 Å². The van der Waals surface area contributed by atoms with Gasteiger partial charge >= 0.3 is 0 Å². The van der Waals surface area contributed by atoms with Gasteiger partial charge in [0.2, 0.25) is 0 Å². The molecule has 0 aliphatic carbocycles. The second kappa shape index (κ2) is 10.4. The summed E-state index contributed by atoms with van der Waals surface area (Å²) in [6.07, 6.45) is 0. The SMILES string of the molecule is Cl.Cl.NC(CO)CO. The quantitative estimate of drug-likeness (QED) is 0.497. The molecule has 0 aromatic heterocycles. The smallest absolute Gasteiger partial charge is 0.0605 e. The van der Waals surface area contributed by atoms with Crippen molar-refractivity contribution in [3.8, 4) is 0 Å². The topological polar surface area (TPSA) is 66.5 Å². The summed E-state index contributed by atoms with van der Waals surface area (Å²) in [6, 6.07) is -0.454. The van der Waals surface area contributed by atoms with Crippen LogP contribution in [-0.4, -0.2) is 29.5 Å². The lowest BCUT2D eigenvalue weighted by molar-refractivity contribution is 0.194. The van der Waals surface area contributed by atoms with E-state index < -0.39 is 6.04 Å². The summed E-state index contributed by atoms with van der Waals surface area (Å²) < 4.78 is 0. The van der Waals surface area contributed by atoms with E-state index in [1.807, 2.05) is 0 Å². The first-order valence-corrected chi connectivity index (χ1v) is 1.78. The minimum Gasteiger partial charge on any atom is -0.395 e. The lowest BCUT2D eigenvalue weighted by Gasteiger charge is -1.98. The third kappa shape index (κ3) is 9.68. The van der Waals surface area contributed by atoms with Crippen LogP contribution in [0.5, 0.6) is 0 Å². The van der Waals surface area contributed by atoms with Gasteiger partial charge in [-0.25, -0.2) is 0 Å². The van der Waals surface area contributed by atoms with Crippen LogP contribution in [0.2, 0.25) is 0 Å². The number of halogens is 2. The molecule has 0 aliphatic rings. The predicted octanol–water partition coefficient (Wildman–Crippen LogP) is -0.858. The van der Waals surface area contributed by atoms with E-state index in [0.717, 1.165) is 0 Å². The Morgan fingerprint density at radius 2 is 1.38 bits per heavy atom. The monoisotopic (exact) mass is 163 g/mol. The van der Waals surface area contributed by atoms with E-state index in [1.54, 1.807) is 0 Å². The van der Waals surface area contributed by atoms with E-state index in [0.29, 0.717) is 0 Å². The molecule has 4 N–H and O–H groups in total. The van der Waals surface area contributed by atoms with Crippen molar-refractivity contribution < 1.29 is 10.2 Å². The minimum atomic E-state index is -0.454. The molecule has 0 aromatic carbocycles. The van der Waals surface area contributed by atoms with Crippen molar-refractivity contribution in [3.05, 3.63) is 0 Å². The van der Waals surface area contributed by atoms with Gasteiger partial charge in [0.05, 0.1) is 19.3 Å². The molecule has 3 nitrogen and oxygen atoms in total. The van der Waals surface area contributed by atoms with Crippen molar-refractivity contribution in [2.75, 3.05) is 13.2 Å². The van der Waals surface area contributed by atoms with Gasteiger partial charge in [-0.15, -0.1) is 24.8 Å². The molecule has 0 fully saturated rings. The molecule has 0 aromatic rings. The maximum atomic E-state index is 8.05. The summed E-state index contributed by atoms with van der Waals surface area (Å²) in [5.41, 5.74) is 4.97. The van der Waals surface area contributed by atoms with E-state index in [1.165, 1.54) is 0 Å². The first-order valence-electron chi connectivity index (χ1n) is 1.78. The average Bonchev–Trinajstić information content (AvgIpc) is 1.65. The highest BCUT2D eigenvalue weighted by Gasteiger charge is 1.91. The third-order valence-corrected chi connectivity index (χ3v) is 0.469. The molecule has 5 heteroatoms. The summed E-state index contributed by atoms with van der Waals surface area (Å²) in [6.45, 7) is -0.285. The van der Waals surface area contributed by atoms with Gasteiger partial charge < -0.3 is 15.9 Å². The Kier molecular flexibility index (Phi) is 20.6. The van der Waals surface area contributed by atoms with Gasteiger partial charge in [-0.1, -0.05) is 0 Å². The highest BCUT2D eigenvalue weighted by atomic mass is 35.5. The van der Waals surface area contributed by atoms with Crippen molar-refractivity contribution in [1.29, 1.82) is 0 Å². The van der Waals surface area contributed by atoms with Crippen LogP contribution >= 0.6 is 24.8 Å². The van der Waals surface area contributed by atoms with Crippen molar-refractivity contribution in [2.24, 2.45) is 5.73 Å². The molecule has 54 valence electrons. The Balaban J connectivity index is -0.000000125. The Morgan fingerprint density at radius 3 is 1.38 bits per heavy atom.